The average molecular weight is 638 g/mol. The number of nitrogens with zero attached hydrogens (tertiary/aromatic N) is 1. The number of fused-ring (bicyclic) bond motifs is 8. The van der Waals surface area contributed by atoms with Crippen LogP contribution in [0.2, 0.25) is 0 Å². The Balaban J connectivity index is 1.23. The summed E-state index contributed by atoms with van der Waals surface area (Å²) in [7, 11) is 0. The summed E-state index contributed by atoms with van der Waals surface area (Å²) in [5.74, 6) is 0. The quantitative estimate of drug-likeness (QED) is 0.175. The van der Waals surface area contributed by atoms with E-state index in [2.05, 4.69) is 181 Å². The van der Waals surface area contributed by atoms with Crippen molar-refractivity contribution in [2.45, 2.75) is 0 Å². The minimum Gasteiger partial charge on any atom is -0.456 e. The Morgan fingerprint density at radius 2 is 0.820 bits per heavy atom. The molecule has 0 aliphatic heterocycles. The van der Waals surface area contributed by atoms with E-state index < -0.39 is 0 Å². The van der Waals surface area contributed by atoms with Crippen molar-refractivity contribution in [2.24, 2.45) is 0 Å². The van der Waals surface area contributed by atoms with Gasteiger partial charge in [0.05, 0.1) is 0 Å². The van der Waals surface area contributed by atoms with Gasteiger partial charge in [0.1, 0.15) is 11.2 Å². The zero-order valence-electron chi connectivity index (χ0n) is 27.3. The van der Waals surface area contributed by atoms with Gasteiger partial charge in [0, 0.05) is 33.9 Å². The maximum absolute atomic E-state index is 6.43. The molecule has 10 aromatic rings. The second-order valence-corrected chi connectivity index (χ2v) is 12.9. The topological polar surface area (TPSA) is 16.4 Å². The van der Waals surface area contributed by atoms with Crippen LogP contribution in [-0.4, -0.2) is 0 Å². The highest BCUT2D eigenvalue weighted by molar-refractivity contribution is 6.18. The highest BCUT2D eigenvalue weighted by Gasteiger charge is 2.19. The Morgan fingerprint density at radius 1 is 0.300 bits per heavy atom. The first-order chi connectivity index (χ1) is 24.8. The summed E-state index contributed by atoms with van der Waals surface area (Å²) in [4.78, 5) is 2.37. The molecule has 9 aromatic carbocycles. The van der Waals surface area contributed by atoms with Gasteiger partial charge in [-0.15, -0.1) is 0 Å². The van der Waals surface area contributed by atoms with Gasteiger partial charge in [-0.25, -0.2) is 0 Å². The van der Waals surface area contributed by atoms with Crippen molar-refractivity contribution in [3.8, 4) is 22.3 Å². The lowest BCUT2D eigenvalue weighted by Crippen LogP contribution is -2.10. The molecule has 0 spiro atoms. The predicted octanol–water partition coefficient (Wildman–Crippen LogP) is 13.8. The van der Waals surface area contributed by atoms with Crippen LogP contribution < -0.4 is 4.90 Å². The molecule has 0 bridgehead atoms. The number of rotatable bonds is 5. The fourth-order valence-corrected chi connectivity index (χ4v) is 7.64. The third-order valence-electron chi connectivity index (χ3n) is 10.0. The summed E-state index contributed by atoms with van der Waals surface area (Å²) >= 11 is 0. The van der Waals surface area contributed by atoms with Crippen molar-refractivity contribution < 1.29 is 4.42 Å². The van der Waals surface area contributed by atoms with Crippen LogP contribution in [0.15, 0.2) is 192 Å². The molecule has 2 heteroatoms. The van der Waals surface area contributed by atoms with E-state index in [9.17, 15) is 0 Å². The lowest BCUT2D eigenvalue weighted by atomic mass is 9.93. The summed E-state index contributed by atoms with van der Waals surface area (Å²) in [6.07, 6.45) is 0. The molecule has 0 fully saturated rings. The third-order valence-corrected chi connectivity index (χ3v) is 10.0. The van der Waals surface area contributed by atoms with Crippen molar-refractivity contribution >= 4 is 71.3 Å². The molecule has 234 valence electrons. The lowest BCUT2D eigenvalue weighted by Gasteiger charge is -2.27. The van der Waals surface area contributed by atoms with E-state index in [0.717, 1.165) is 39.0 Å². The van der Waals surface area contributed by atoms with Gasteiger partial charge >= 0.3 is 0 Å². The van der Waals surface area contributed by atoms with Gasteiger partial charge < -0.3 is 9.32 Å². The number of anilines is 3. The van der Waals surface area contributed by atoms with Gasteiger partial charge in [-0.05, 0) is 97.0 Å². The molecule has 0 radical (unpaired) electrons. The van der Waals surface area contributed by atoms with Gasteiger partial charge in [0.2, 0.25) is 0 Å². The van der Waals surface area contributed by atoms with E-state index in [1.54, 1.807) is 0 Å². The molecule has 0 saturated heterocycles. The van der Waals surface area contributed by atoms with E-state index in [4.69, 9.17) is 4.42 Å². The molecule has 0 aliphatic rings. The van der Waals surface area contributed by atoms with Gasteiger partial charge in [-0.3, -0.25) is 0 Å². The number of benzene rings is 9. The van der Waals surface area contributed by atoms with Gasteiger partial charge in [0.15, 0.2) is 0 Å². The summed E-state index contributed by atoms with van der Waals surface area (Å²) in [6, 6.07) is 67.6. The predicted molar refractivity (Wildman–Crippen MR) is 212 cm³/mol. The molecule has 1 heterocycles. The second kappa shape index (κ2) is 11.5. The fraction of sp³-hybridized carbons (Fsp3) is 0. The number of para-hydroxylation sites is 1. The minimum atomic E-state index is 0.871. The Hall–Kier alpha value is -6.64. The molecular weight excluding hydrogens is 607 g/mol. The van der Waals surface area contributed by atoms with E-state index in [-0.39, 0.29) is 0 Å². The van der Waals surface area contributed by atoms with Crippen LogP contribution in [-0.2, 0) is 0 Å². The van der Waals surface area contributed by atoms with E-state index >= 15 is 0 Å². The maximum Gasteiger partial charge on any atom is 0.137 e. The Kier molecular flexibility index (Phi) is 6.53. The van der Waals surface area contributed by atoms with Crippen LogP contribution in [0.3, 0.4) is 0 Å². The summed E-state index contributed by atoms with van der Waals surface area (Å²) < 4.78 is 6.43. The standard InChI is InChI=1S/C48H31NO/c1-3-11-32(12-4-1)40-27-23-37(29-45(40)33-13-5-2-6-14-33)49(38-24-28-44-43-17-9-10-18-47(43)50-48(44)31-38)36-22-19-35-21-25-41-39-16-8-7-15-34(39)20-26-42(41)46(35)30-36/h1-31H. The average Bonchev–Trinajstić information content (AvgIpc) is 3.56. The number of hydrogen-bond donors (Lipinski definition) is 0. The number of furan rings is 1. The van der Waals surface area contributed by atoms with Crippen LogP contribution in [0.1, 0.15) is 0 Å². The van der Waals surface area contributed by atoms with E-state index in [1.807, 2.05) is 12.1 Å². The fourth-order valence-electron chi connectivity index (χ4n) is 7.64. The van der Waals surface area contributed by atoms with Crippen LogP contribution in [0.25, 0.3) is 76.5 Å². The molecule has 0 saturated carbocycles. The zero-order valence-corrected chi connectivity index (χ0v) is 27.3. The smallest absolute Gasteiger partial charge is 0.137 e. The minimum absolute atomic E-state index is 0.871. The molecule has 0 unspecified atom stereocenters. The Labute approximate surface area is 290 Å². The summed E-state index contributed by atoms with van der Waals surface area (Å²) in [5, 5.41) is 9.73. The van der Waals surface area contributed by atoms with Crippen LogP contribution in [0.5, 0.6) is 0 Å². The van der Waals surface area contributed by atoms with Crippen LogP contribution >= 0.6 is 0 Å². The molecule has 1 aromatic heterocycles. The first-order valence-electron chi connectivity index (χ1n) is 17.1. The lowest BCUT2D eigenvalue weighted by molar-refractivity contribution is 0.669. The van der Waals surface area contributed by atoms with Gasteiger partial charge in [0.25, 0.3) is 0 Å². The Morgan fingerprint density at radius 3 is 1.62 bits per heavy atom. The first-order valence-corrected chi connectivity index (χ1v) is 17.1. The van der Waals surface area contributed by atoms with E-state index in [0.29, 0.717) is 0 Å². The first kappa shape index (κ1) is 28.4. The van der Waals surface area contributed by atoms with Crippen LogP contribution in [0.4, 0.5) is 17.1 Å². The molecule has 50 heavy (non-hydrogen) atoms. The zero-order chi connectivity index (χ0) is 33.0. The van der Waals surface area contributed by atoms with Crippen LogP contribution in [0, 0.1) is 0 Å². The highest BCUT2D eigenvalue weighted by atomic mass is 16.3. The van der Waals surface area contributed by atoms with Crippen molar-refractivity contribution in [2.75, 3.05) is 4.90 Å². The normalized spacial score (nSPS) is 11.6. The largest absolute Gasteiger partial charge is 0.456 e. The van der Waals surface area contributed by atoms with Crippen molar-refractivity contribution in [1.82, 2.24) is 0 Å². The third kappa shape index (κ3) is 4.65. The number of hydrogen-bond acceptors (Lipinski definition) is 2. The van der Waals surface area contributed by atoms with E-state index in [1.165, 1.54) is 54.6 Å². The summed E-state index contributed by atoms with van der Waals surface area (Å²) in [5.41, 5.74) is 9.71. The molecule has 0 amide bonds. The maximum atomic E-state index is 6.43. The van der Waals surface area contributed by atoms with Crippen molar-refractivity contribution in [1.29, 1.82) is 0 Å². The van der Waals surface area contributed by atoms with Gasteiger partial charge in [-0.1, -0.05) is 140 Å². The SMILES string of the molecule is c1ccc(-c2ccc(N(c3ccc4c(c3)oc3ccccc34)c3ccc4ccc5c6ccccc6ccc5c4c3)cc2-c2ccccc2)cc1. The second-order valence-electron chi connectivity index (χ2n) is 12.9. The van der Waals surface area contributed by atoms with Crippen molar-refractivity contribution in [3.05, 3.63) is 188 Å². The van der Waals surface area contributed by atoms with Crippen molar-refractivity contribution in [3.63, 3.8) is 0 Å². The molecule has 0 aliphatic carbocycles. The highest BCUT2D eigenvalue weighted by Crippen LogP contribution is 2.43. The Bertz CT molecular complexity index is 2870. The monoisotopic (exact) mass is 637 g/mol. The molecule has 0 atom stereocenters. The molecule has 10 rings (SSSR count). The molecular formula is C48H31NO. The van der Waals surface area contributed by atoms with Gasteiger partial charge in [-0.2, -0.15) is 0 Å². The summed E-state index contributed by atoms with van der Waals surface area (Å²) in [6.45, 7) is 0. The molecule has 2 nitrogen and oxygen atoms in total. The molecule has 0 N–H and O–H groups in total.